The third kappa shape index (κ3) is 6.01. The van der Waals surface area contributed by atoms with Crippen LogP contribution in [0.15, 0.2) is 53.4 Å². The summed E-state index contributed by atoms with van der Waals surface area (Å²) < 4.78 is 27.3. The van der Waals surface area contributed by atoms with Gasteiger partial charge in [-0.15, -0.1) is 0 Å². The second-order valence-corrected chi connectivity index (χ2v) is 9.12. The Bertz CT molecular complexity index is 850. The van der Waals surface area contributed by atoms with Gasteiger partial charge in [0.1, 0.15) is 5.78 Å². The highest BCUT2D eigenvalue weighted by Crippen LogP contribution is 2.24. The Balaban J connectivity index is 2.12. The molecular formula is C23H31NO3S. The Morgan fingerprint density at radius 3 is 1.82 bits per heavy atom. The minimum atomic E-state index is -3.44. The first-order valence-corrected chi connectivity index (χ1v) is 11.5. The van der Waals surface area contributed by atoms with Gasteiger partial charge in [-0.05, 0) is 61.4 Å². The number of sulfonamides is 1. The summed E-state index contributed by atoms with van der Waals surface area (Å²) >= 11 is 0. The molecule has 0 unspecified atom stereocenters. The van der Waals surface area contributed by atoms with Crippen molar-refractivity contribution in [2.24, 2.45) is 0 Å². The molecule has 0 N–H and O–H groups in total. The van der Waals surface area contributed by atoms with Crippen LogP contribution in [0, 0.1) is 0 Å². The largest absolute Gasteiger partial charge is 0.300 e. The van der Waals surface area contributed by atoms with E-state index in [1.165, 1.54) is 5.56 Å². The van der Waals surface area contributed by atoms with E-state index in [1.54, 1.807) is 23.4 Å². The van der Waals surface area contributed by atoms with Crippen molar-refractivity contribution in [2.75, 3.05) is 13.1 Å². The van der Waals surface area contributed by atoms with Crippen LogP contribution in [0.5, 0.6) is 0 Å². The fourth-order valence-corrected chi connectivity index (χ4v) is 4.85. The fourth-order valence-electron chi connectivity index (χ4n) is 3.22. The second kappa shape index (κ2) is 10.5. The molecule has 0 atom stereocenters. The monoisotopic (exact) mass is 401 g/mol. The first kappa shape index (κ1) is 22.3. The minimum Gasteiger partial charge on any atom is -0.300 e. The van der Waals surface area contributed by atoms with Crippen molar-refractivity contribution in [1.29, 1.82) is 0 Å². The van der Waals surface area contributed by atoms with Crippen LogP contribution in [0.4, 0.5) is 0 Å². The molecule has 5 heteroatoms. The molecule has 0 spiro atoms. The Labute approximate surface area is 169 Å². The van der Waals surface area contributed by atoms with Gasteiger partial charge in [0, 0.05) is 19.5 Å². The van der Waals surface area contributed by atoms with Crippen LogP contribution in [-0.4, -0.2) is 31.6 Å². The van der Waals surface area contributed by atoms with E-state index in [0.717, 1.165) is 36.8 Å². The van der Waals surface area contributed by atoms with Crippen molar-refractivity contribution in [2.45, 2.75) is 57.8 Å². The lowest BCUT2D eigenvalue weighted by atomic mass is 10.0. The van der Waals surface area contributed by atoms with Crippen LogP contribution in [0.2, 0.25) is 0 Å². The second-order valence-electron chi connectivity index (χ2n) is 7.18. The van der Waals surface area contributed by atoms with Gasteiger partial charge in [0.05, 0.1) is 4.90 Å². The summed E-state index contributed by atoms with van der Waals surface area (Å²) in [5.74, 6) is 0.225. The third-order valence-electron chi connectivity index (χ3n) is 4.72. The molecule has 0 aliphatic carbocycles. The van der Waals surface area contributed by atoms with E-state index in [1.807, 2.05) is 38.1 Å². The molecule has 2 aromatic carbocycles. The standard InChI is InChI=1S/C23H31NO3S/c1-4-17-24(18-5-2)28(26,27)23-15-13-22(14-16-23)21-11-9-20(10-12-21)8-6-7-19(3)25/h9-16H,4-8,17-18H2,1-3H3. The van der Waals surface area contributed by atoms with Crippen molar-refractivity contribution < 1.29 is 13.2 Å². The first-order valence-electron chi connectivity index (χ1n) is 10.1. The number of ketones is 1. The van der Waals surface area contributed by atoms with Crippen LogP contribution in [-0.2, 0) is 21.2 Å². The highest BCUT2D eigenvalue weighted by Gasteiger charge is 2.22. The summed E-state index contributed by atoms with van der Waals surface area (Å²) in [6, 6.07) is 15.4. The SMILES string of the molecule is CCCN(CCC)S(=O)(=O)c1ccc(-c2ccc(CCCC(C)=O)cc2)cc1. The fraction of sp³-hybridized carbons (Fsp3) is 0.435. The predicted octanol–water partition coefficient (Wildman–Crippen LogP) is 5.08. The summed E-state index contributed by atoms with van der Waals surface area (Å²) in [5.41, 5.74) is 3.25. The number of benzene rings is 2. The zero-order chi connectivity index (χ0) is 20.6. The maximum Gasteiger partial charge on any atom is 0.243 e. The van der Waals surface area contributed by atoms with Gasteiger partial charge in [0.25, 0.3) is 0 Å². The van der Waals surface area contributed by atoms with Gasteiger partial charge in [0.15, 0.2) is 0 Å². The molecule has 28 heavy (non-hydrogen) atoms. The molecule has 2 aromatic rings. The predicted molar refractivity (Wildman–Crippen MR) is 115 cm³/mol. The molecule has 0 saturated carbocycles. The lowest BCUT2D eigenvalue weighted by molar-refractivity contribution is -0.117. The molecule has 152 valence electrons. The average Bonchev–Trinajstić information content (AvgIpc) is 2.68. The van der Waals surface area contributed by atoms with Crippen molar-refractivity contribution in [3.63, 3.8) is 0 Å². The topological polar surface area (TPSA) is 54.5 Å². The van der Waals surface area contributed by atoms with Gasteiger partial charge in [-0.3, -0.25) is 0 Å². The van der Waals surface area contributed by atoms with Gasteiger partial charge in [-0.1, -0.05) is 50.2 Å². The van der Waals surface area contributed by atoms with Gasteiger partial charge in [-0.25, -0.2) is 8.42 Å². The van der Waals surface area contributed by atoms with Crippen LogP contribution in [0.3, 0.4) is 0 Å². The van der Waals surface area contributed by atoms with Crippen molar-refractivity contribution in [1.82, 2.24) is 4.31 Å². The summed E-state index contributed by atoms with van der Waals surface area (Å²) in [4.78, 5) is 11.4. The Morgan fingerprint density at radius 1 is 0.857 bits per heavy atom. The molecule has 0 aliphatic rings. The van der Waals surface area contributed by atoms with Gasteiger partial charge in [-0.2, -0.15) is 4.31 Å². The van der Waals surface area contributed by atoms with E-state index in [4.69, 9.17) is 0 Å². The first-order chi connectivity index (χ1) is 13.4. The summed E-state index contributed by atoms with van der Waals surface area (Å²) in [6.07, 6.45) is 3.98. The van der Waals surface area contributed by atoms with Crippen LogP contribution in [0.1, 0.15) is 52.0 Å². The molecule has 0 aromatic heterocycles. The normalized spacial score (nSPS) is 11.7. The lowest BCUT2D eigenvalue weighted by Gasteiger charge is -2.21. The molecular weight excluding hydrogens is 370 g/mol. The van der Waals surface area contributed by atoms with Crippen molar-refractivity contribution >= 4 is 15.8 Å². The molecule has 0 saturated heterocycles. The Hall–Kier alpha value is -1.98. The van der Waals surface area contributed by atoms with Crippen LogP contribution in [0.25, 0.3) is 11.1 Å². The molecule has 2 rings (SSSR count). The van der Waals surface area contributed by atoms with Gasteiger partial charge in [0.2, 0.25) is 10.0 Å². The van der Waals surface area contributed by atoms with E-state index < -0.39 is 10.0 Å². The van der Waals surface area contributed by atoms with Crippen molar-refractivity contribution in [3.05, 3.63) is 54.1 Å². The van der Waals surface area contributed by atoms with Crippen LogP contribution < -0.4 is 0 Å². The minimum absolute atomic E-state index is 0.225. The number of hydrogen-bond acceptors (Lipinski definition) is 3. The number of carbonyl (C=O) groups is 1. The highest BCUT2D eigenvalue weighted by atomic mass is 32.2. The van der Waals surface area contributed by atoms with Crippen molar-refractivity contribution in [3.8, 4) is 11.1 Å². The maximum atomic E-state index is 12.9. The number of Topliss-reactive ketones (excluding diaryl/α,β-unsaturated/α-hetero) is 1. The maximum absolute atomic E-state index is 12.9. The quantitative estimate of drug-likeness (QED) is 0.528. The third-order valence-corrected chi connectivity index (χ3v) is 6.63. The average molecular weight is 402 g/mol. The number of nitrogens with zero attached hydrogens (tertiary/aromatic N) is 1. The van der Waals surface area contributed by atoms with E-state index in [-0.39, 0.29) is 5.78 Å². The van der Waals surface area contributed by atoms with E-state index in [9.17, 15) is 13.2 Å². The summed E-state index contributed by atoms with van der Waals surface area (Å²) in [6.45, 7) is 6.69. The smallest absolute Gasteiger partial charge is 0.243 e. The van der Waals surface area contributed by atoms with Gasteiger partial charge >= 0.3 is 0 Å². The van der Waals surface area contributed by atoms with Gasteiger partial charge < -0.3 is 4.79 Å². The molecule has 4 nitrogen and oxygen atoms in total. The van der Waals surface area contributed by atoms with Crippen LogP contribution >= 0.6 is 0 Å². The Morgan fingerprint density at radius 2 is 1.36 bits per heavy atom. The van der Waals surface area contributed by atoms with E-state index in [2.05, 4.69) is 12.1 Å². The lowest BCUT2D eigenvalue weighted by Crippen LogP contribution is -2.32. The number of aryl methyl sites for hydroxylation is 1. The highest BCUT2D eigenvalue weighted by molar-refractivity contribution is 7.89. The number of hydrogen-bond donors (Lipinski definition) is 0. The summed E-state index contributed by atoms with van der Waals surface area (Å²) in [7, 11) is -3.44. The summed E-state index contributed by atoms with van der Waals surface area (Å²) in [5, 5.41) is 0. The number of rotatable bonds is 11. The molecule has 0 fully saturated rings. The Kier molecular flexibility index (Phi) is 8.39. The van der Waals surface area contributed by atoms with E-state index >= 15 is 0 Å². The molecule has 0 aliphatic heterocycles. The zero-order valence-corrected chi connectivity index (χ0v) is 18.0. The molecule has 0 heterocycles. The molecule has 0 radical (unpaired) electrons. The van der Waals surface area contributed by atoms with E-state index in [0.29, 0.717) is 24.4 Å². The molecule has 0 amide bonds. The number of carbonyl (C=O) groups excluding carboxylic acids is 1. The zero-order valence-electron chi connectivity index (χ0n) is 17.1. The molecule has 0 bridgehead atoms.